The van der Waals surface area contributed by atoms with Crippen LogP contribution in [0, 0.1) is 10.1 Å². The molecule has 0 bridgehead atoms. The topological polar surface area (TPSA) is 107 Å². The Labute approximate surface area is 191 Å². The third-order valence-electron chi connectivity index (χ3n) is 4.84. The van der Waals surface area contributed by atoms with Crippen LogP contribution in [0.4, 0.5) is 11.4 Å². The van der Waals surface area contributed by atoms with Crippen LogP contribution in [0.25, 0.3) is 0 Å². The summed E-state index contributed by atoms with van der Waals surface area (Å²) in [7, 11) is 0. The zero-order chi connectivity index (χ0) is 23.0. The fraction of sp³-hybridized carbons (Fsp3) is 0.0455. The number of anilines is 1. The van der Waals surface area contributed by atoms with Crippen molar-refractivity contribution in [1.29, 1.82) is 0 Å². The van der Waals surface area contributed by atoms with Crippen LogP contribution in [0.15, 0.2) is 60.7 Å². The number of hydrogen-bond acceptors (Lipinski definition) is 6. The van der Waals surface area contributed by atoms with Crippen LogP contribution < -0.4 is 4.90 Å². The molecule has 0 aromatic heterocycles. The van der Waals surface area contributed by atoms with E-state index in [1.54, 1.807) is 6.07 Å². The number of ether oxygens (including phenoxy) is 1. The Hall–Kier alpha value is -3.75. The predicted octanol–water partition coefficient (Wildman–Crippen LogP) is 5.06. The minimum atomic E-state index is -0.712. The van der Waals surface area contributed by atoms with Crippen molar-refractivity contribution in [3.05, 3.63) is 103 Å². The first-order chi connectivity index (χ1) is 15.3. The largest absolute Gasteiger partial charge is 0.457 e. The maximum atomic E-state index is 12.7. The maximum absolute atomic E-state index is 12.7. The number of halogens is 2. The van der Waals surface area contributed by atoms with E-state index >= 15 is 0 Å². The number of amides is 2. The Kier molecular flexibility index (Phi) is 5.65. The quantitative estimate of drug-likeness (QED) is 0.223. The third kappa shape index (κ3) is 3.81. The summed E-state index contributed by atoms with van der Waals surface area (Å²) in [6, 6.07) is 14.2. The monoisotopic (exact) mass is 470 g/mol. The molecule has 1 heterocycles. The van der Waals surface area contributed by atoms with Crippen LogP contribution in [-0.2, 0) is 11.3 Å². The van der Waals surface area contributed by atoms with E-state index in [4.69, 9.17) is 27.9 Å². The molecular weight excluding hydrogens is 459 g/mol. The van der Waals surface area contributed by atoms with E-state index in [-0.39, 0.29) is 50.3 Å². The van der Waals surface area contributed by atoms with Gasteiger partial charge in [0.15, 0.2) is 0 Å². The van der Waals surface area contributed by atoms with Crippen molar-refractivity contribution in [1.82, 2.24) is 0 Å². The summed E-state index contributed by atoms with van der Waals surface area (Å²) in [6.45, 7) is -0.280. The van der Waals surface area contributed by atoms with Gasteiger partial charge in [-0.3, -0.25) is 19.7 Å². The first-order valence-corrected chi connectivity index (χ1v) is 9.91. The third-order valence-corrected chi connectivity index (χ3v) is 5.56. The van der Waals surface area contributed by atoms with Gasteiger partial charge in [-0.05, 0) is 42.5 Å². The Balaban J connectivity index is 1.50. The molecule has 160 valence electrons. The summed E-state index contributed by atoms with van der Waals surface area (Å²) in [6.07, 6.45) is 0. The van der Waals surface area contributed by atoms with Gasteiger partial charge in [-0.1, -0.05) is 35.3 Å². The first kappa shape index (κ1) is 21.5. The fourth-order valence-electron chi connectivity index (χ4n) is 3.25. The summed E-state index contributed by atoms with van der Waals surface area (Å²) < 4.78 is 5.17. The van der Waals surface area contributed by atoms with Gasteiger partial charge in [-0.25, -0.2) is 9.69 Å². The predicted molar refractivity (Wildman–Crippen MR) is 116 cm³/mol. The highest BCUT2D eigenvalue weighted by Crippen LogP contribution is 2.34. The maximum Gasteiger partial charge on any atom is 0.338 e. The van der Waals surface area contributed by atoms with Gasteiger partial charge in [0, 0.05) is 6.07 Å². The smallest absolute Gasteiger partial charge is 0.338 e. The second-order valence-corrected chi connectivity index (χ2v) is 7.58. The highest BCUT2D eigenvalue weighted by molar-refractivity contribution is 6.44. The molecule has 3 aromatic carbocycles. The molecule has 8 nitrogen and oxygen atoms in total. The highest BCUT2D eigenvalue weighted by atomic mass is 35.5. The molecule has 4 rings (SSSR count). The van der Waals surface area contributed by atoms with E-state index in [2.05, 4.69) is 0 Å². The van der Waals surface area contributed by atoms with E-state index in [0.717, 1.165) is 4.90 Å². The molecule has 0 unspecified atom stereocenters. The number of rotatable bonds is 5. The first-order valence-electron chi connectivity index (χ1n) is 9.15. The molecule has 0 spiro atoms. The number of carbonyl (C=O) groups excluding carboxylic acids is 3. The van der Waals surface area contributed by atoms with E-state index in [0.29, 0.717) is 0 Å². The molecule has 0 saturated heterocycles. The van der Waals surface area contributed by atoms with E-state index in [9.17, 15) is 24.5 Å². The second kappa shape index (κ2) is 8.41. The van der Waals surface area contributed by atoms with E-state index in [1.165, 1.54) is 54.6 Å². The second-order valence-electron chi connectivity index (χ2n) is 6.77. The number of nitro groups is 1. The van der Waals surface area contributed by atoms with Crippen molar-refractivity contribution in [3.8, 4) is 0 Å². The van der Waals surface area contributed by atoms with Gasteiger partial charge in [0.25, 0.3) is 17.5 Å². The lowest BCUT2D eigenvalue weighted by Gasteiger charge is -2.14. The molecule has 0 atom stereocenters. The molecule has 0 fully saturated rings. The summed E-state index contributed by atoms with van der Waals surface area (Å²) >= 11 is 11.9. The molecular formula is C22H12Cl2N2O6. The molecule has 1 aliphatic heterocycles. The SMILES string of the molecule is O=C(OCc1ccccc1[N+](=O)[O-])c1ccc(N2C(=O)c3cc(Cl)c(Cl)cc3C2=O)cc1. The summed E-state index contributed by atoms with van der Waals surface area (Å²) in [5.41, 5.74) is 0.774. The lowest BCUT2D eigenvalue weighted by molar-refractivity contribution is -0.385. The summed E-state index contributed by atoms with van der Waals surface area (Å²) in [5.74, 6) is -1.83. The average Bonchev–Trinajstić information content (AvgIpc) is 3.02. The molecule has 2 amide bonds. The molecule has 10 heteroatoms. The Morgan fingerprint density at radius 2 is 1.50 bits per heavy atom. The van der Waals surface area contributed by atoms with Gasteiger partial charge in [0.1, 0.15) is 6.61 Å². The average molecular weight is 471 g/mol. The molecule has 3 aromatic rings. The number of nitrogens with zero attached hydrogens (tertiary/aromatic N) is 2. The number of carbonyl (C=O) groups is 3. The minimum absolute atomic E-state index is 0.136. The molecule has 0 saturated carbocycles. The van der Waals surface area contributed by atoms with Crippen molar-refractivity contribution in [2.24, 2.45) is 0 Å². The summed E-state index contributed by atoms with van der Waals surface area (Å²) in [5, 5.41) is 11.4. The lowest BCUT2D eigenvalue weighted by atomic mass is 10.1. The molecule has 0 aliphatic carbocycles. The number of benzene rings is 3. The van der Waals surface area contributed by atoms with Crippen LogP contribution in [-0.4, -0.2) is 22.7 Å². The van der Waals surface area contributed by atoms with Gasteiger partial charge < -0.3 is 4.74 Å². The number of nitro benzene ring substituents is 1. The standard InChI is InChI=1S/C22H12Cl2N2O6/c23-17-9-15-16(10-18(17)24)21(28)25(20(15)27)14-7-5-12(6-8-14)22(29)32-11-13-3-1-2-4-19(13)26(30)31/h1-10H,11H2. The van der Waals surface area contributed by atoms with Gasteiger partial charge in [-0.2, -0.15) is 0 Å². The van der Waals surface area contributed by atoms with Crippen LogP contribution in [0.1, 0.15) is 36.6 Å². The molecule has 32 heavy (non-hydrogen) atoms. The van der Waals surface area contributed by atoms with E-state index < -0.39 is 22.7 Å². The van der Waals surface area contributed by atoms with Crippen molar-refractivity contribution in [2.75, 3.05) is 4.90 Å². The lowest BCUT2D eigenvalue weighted by Crippen LogP contribution is -2.29. The van der Waals surface area contributed by atoms with Crippen LogP contribution >= 0.6 is 23.2 Å². The Bertz CT molecular complexity index is 1250. The van der Waals surface area contributed by atoms with Crippen molar-refractivity contribution >= 4 is 52.4 Å². The number of para-hydroxylation sites is 1. The van der Waals surface area contributed by atoms with Crippen LogP contribution in [0.2, 0.25) is 10.0 Å². The van der Waals surface area contributed by atoms with E-state index in [1.807, 2.05) is 0 Å². The summed E-state index contributed by atoms with van der Waals surface area (Å²) in [4.78, 5) is 49.2. The number of fused-ring (bicyclic) bond motifs is 1. The van der Waals surface area contributed by atoms with Crippen LogP contribution in [0.3, 0.4) is 0 Å². The van der Waals surface area contributed by atoms with Crippen molar-refractivity contribution in [2.45, 2.75) is 6.61 Å². The van der Waals surface area contributed by atoms with Gasteiger partial charge in [0.2, 0.25) is 0 Å². The van der Waals surface area contributed by atoms with Gasteiger partial charge in [-0.15, -0.1) is 0 Å². The molecule has 0 radical (unpaired) electrons. The molecule has 1 aliphatic rings. The zero-order valence-corrected chi connectivity index (χ0v) is 17.6. The normalized spacial score (nSPS) is 12.6. The van der Waals surface area contributed by atoms with Gasteiger partial charge >= 0.3 is 5.97 Å². The number of esters is 1. The van der Waals surface area contributed by atoms with Crippen molar-refractivity contribution in [3.63, 3.8) is 0 Å². The molecule has 0 N–H and O–H groups in total. The number of hydrogen-bond donors (Lipinski definition) is 0. The van der Waals surface area contributed by atoms with Gasteiger partial charge in [0.05, 0.1) is 42.9 Å². The minimum Gasteiger partial charge on any atom is -0.457 e. The Morgan fingerprint density at radius 1 is 0.938 bits per heavy atom. The zero-order valence-electron chi connectivity index (χ0n) is 16.1. The number of imide groups is 1. The van der Waals surface area contributed by atoms with Crippen molar-refractivity contribution < 1.29 is 24.0 Å². The fourth-order valence-corrected chi connectivity index (χ4v) is 3.58. The highest BCUT2D eigenvalue weighted by Gasteiger charge is 2.37. The van der Waals surface area contributed by atoms with Crippen LogP contribution in [0.5, 0.6) is 0 Å². The Morgan fingerprint density at radius 3 is 2.06 bits per heavy atom.